The molecule has 0 bridgehead atoms. The first kappa shape index (κ1) is 23.5. The lowest BCUT2D eigenvalue weighted by Gasteiger charge is -2.17. The molecule has 10 heteroatoms. The molecule has 0 fully saturated rings. The lowest BCUT2D eigenvalue weighted by Crippen LogP contribution is -2.35. The van der Waals surface area contributed by atoms with E-state index in [4.69, 9.17) is 25.5 Å². The molecule has 0 aromatic heterocycles. The van der Waals surface area contributed by atoms with Gasteiger partial charge in [-0.05, 0) is 19.8 Å². The molecule has 0 amide bonds. The Balaban J connectivity index is 0. The highest BCUT2D eigenvalue weighted by Crippen LogP contribution is 2.12. The Kier molecular flexibility index (Phi) is 14.2. The van der Waals surface area contributed by atoms with Gasteiger partial charge in [0.1, 0.15) is 5.41 Å². The van der Waals surface area contributed by atoms with Crippen LogP contribution in [0, 0.1) is 5.41 Å². The van der Waals surface area contributed by atoms with Crippen LogP contribution in [0.5, 0.6) is 0 Å². The molecule has 0 aromatic rings. The van der Waals surface area contributed by atoms with Crippen molar-refractivity contribution in [3.63, 3.8) is 0 Å². The summed E-state index contributed by atoms with van der Waals surface area (Å²) in [4.78, 5) is 31.5. The van der Waals surface area contributed by atoms with Gasteiger partial charge in [-0.25, -0.2) is 0 Å². The first-order valence-electron chi connectivity index (χ1n) is 6.75. The summed E-state index contributed by atoms with van der Waals surface area (Å²) in [6.07, 6.45) is 1.29. The molecule has 0 radical (unpaired) electrons. The first-order chi connectivity index (χ1) is 10.8. The second kappa shape index (κ2) is 13.9. The van der Waals surface area contributed by atoms with Crippen molar-refractivity contribution in [3.8, 4) is 0 Å². The number of aliphatic carboxylic acids is 1. The standard InChI is InChI=1S/C8H14O6.C5H10O4/c9-5-13-7(11)3-1-2-4-8(12)14-6-10;1-5(2-6,3-7)4(8)9/h9-10H,1-6H2;6-7H,2-3H2,1H3,(H,8,9). The van der Waals surface area contributed by atoms with Gasteiger partial charge in [0.2, 0.25) is 0 Å². The Hall–Kier alpha value is -1.75. The van der Waals surface area contributed by atoms with Gasteiger partial charge in [-0.2, -0.15) is 0 Å². The number of hydrogen-bond donors (Lipinski definition) is 5. The minimum atomic E-state index is -1.39. The maximum atomic E-state index is 10.7. The Morgan fingerprint density at radius 2 is 1.17 bits per heavy atom. The van der Waals surface area contributed by atoms with Crippen LogP contribution in [-0.2, 0) is 23.9 Å². The van der Waals surface area contributed by atoms with Gasteiger partial charge >= 0.3 is 17.9 Å². The monoisotopic (exact) mass is 340 g/mol. The van der Waals surface area contributed by atoms with E-state index in [1.807, 2.05) is 0 Å². The Bertz CT molecular complexity index is 331. The summed E-state index contributed by atoms with van der Waals surface area (Å²) in [5, 5.41) is 41.6. The zero-order chi connectivity index (χ0) is 18.3. The van der Waals surface area contributed by atoms with Crippen molar-refractivity contribution >= 4 is 17.9 Å². The second-order valence-electron chi connectivity index (χ2n) is 4.68. The number of ether oxygens (including phenoxy) is 2. The highest BCUT2D eigenvalue weighted by molar-refractivity contribution is 5.74. The van der Waals surface area contributed by atoms with Gasteiger partial charge in [-0.3, -0.25) is 14.4 Å². The predicted octanol–water partition coefficient (Wildman–Crippen LogP) is -1.41. The highest BCUT2D eigenvalue weighted by Gasteiger charge is 2.31. The van der Waals surface area contributed by atoms with Crippen molar-refractivity contribution in [3.05, 3.63) is 0 Å². The number of unbranched alkanes of at least 4 members (excludes halogenated alkanes) is 1. The van der Waals surface area contributed by atoms with Crippen LogP contribution in [0.1, 0.15) is 32.6 Å². The van der Waals surface area contributed by atoms with Crippen LogP contribution in [0.4, 0.5) is 0 Å². The molecule has 0 spiro atoms. The van der Waals surface area contributed by atoms with E-state index in [1.165, 1.54) is 6.92 Å². The van der Waals surface area contributed by atoms with Crippen molar-refractivity contribution in [2.75, 3.05) is 26.8 Å². The molecule has 0 aromatic carbocycles. The number of hydrogen-bond acceptors (Lipinski definition) is 9. The van der Waals surface area contributed by atoms with E-state index in [1.54, 1.807) is 0 Å². The van der Waals surface area contributed by atoms with Gasteiger partial charge in [0.15, 0.2) is 13.6 Å². The summed E-state index contributed by atoms with van der Waals surface area (Å²) >= 11 is 0. The van der Waals surface area contributed by atoms with E-state index in [-0.39, 0.29) is 12.8 Å². The van der Waals surface area contributed by atoms with E-state index < -0.39 is 50.1 Å². The molecule has 0 rings (SSSR count). The van der Waals surface area contributed by atoms with Crippen LogP contribution in [-0.4, -0.2) is 70.2 Å². The van der Waals surface area contributed by atoms with Gasteiger partial charge in [0.05, 0.1) is 13.2 Å². The van der Waals surface area contributed by atoms with E-state index in [0.29, 0.717) is 12.8 Å². The minimum absolute atomic E-state index is 0.160. The number of rotatable bonds is 10. The third-order valence-corrected chi connectivity index (χ3v) is 2.68. The van der Waals surface area contributed by atoms with Crippen molar-refractivity contribution in [2.45, 2.75) is 32.6 Å². The van der Waals surface area contributed by atoms with Crippen molar-refractivity contribution in [1.29, 1.82) is 0 Å². The zero-order valence-electron chi connectivity index (χ0n) is 12.9. The molecular formula is C13H24O10. The van der Waals surface area contributed by atoms with E-state index >= 15 is 0 Å². The number of aliphatic hydroxyl groups excluding tert-OH is 4. The van der Waals surface area contributed by atoms with Crippen LogP contribution < -0.4 is 0 Å². The molecule has 0 atom stereocenters. The molecule has 23 heavy (non-hydrogen) atoms. The SMILES string of the molecule is CC(CO)(CO)C(=O)O.O=C(CCCCC(=O)OCO)OCO. The largest absolute Gasteiger partial charge is 0.481 e. The van der Waals surface area contributed by atoms with E-state index in [9.17, 15) is 14.4 Å². The highest BCUT2D eigenvalue weighted by atomic mass is 16.6. The molecule has 0 aliphatic carbocycles. The lowest BCUT2D eigenvalue weighted by atomic mass is 9.94. The number of carboxylic acid groups (broad SMARTS) is 1. The lowest BCUT2D eigenvalue weighted by molar-refractivity contribution is -0.154. The average Bonchev–Trinajstić information content (AvgIpc) is 2.51. The Morgan fingerprint density at radius 1 is 0.826 bits per heavy atom. The molecule has 0 heterocycles. The minimum Gasteiger partial charge on any atom is -0.481 e. The molecule has 10 nitrogen and oxygen atoms in total. The molecule has 0 saturated carbocycles. The summed E-state index contributed by atoms with van der Waals surface area (Å²) < 4.78 is 8.51. The summed E-state index contributed by atoms with van der Waals surface area (Å²) in [6.45, 7) is -1.05. The van der Waals surface area contributed by atoms with Crippen LogP contribution in [0.3, 0.4) is 0 Å². The number of carboxylic acids is 1. The van der Waals surface area contributed by atoms with E-state index in [0.717, 1.165) is 0 Å². The van der Waals surface area contributed by atoms with Crippen LogP contribution in [0.25, 0.3) is 0 Å². The quantitative estimate of drug-likeness (QED) is 0.181. The summed E-state index contributed by atoms with van der Waals surface area (Å²) in [6, 6.07) is 0. The topological polar surface area (TPSA) is 171 Å². The normalized spacial score (nSPS) is 10.3. The number of carbonyl (C=O) groups excluding carboxylic acids is 2. The Labute approximate surface area is 133 Å². The molecule has 0 unspecified atom stereocenters. The first-order valence-corrected chi connectivity index (χ1v) is 6.75. The summed E-state index contributed by atoms with van der Waals surface area (Å²) in [5.74, 6) is -2.18. The summed E-state index contributed by atoms with van der Waals surface area (Å²) in [7, 11) is 0. The number of carbonyl (C=O) groups is 3. The van der Waals surface area contributed by atoms with E-state index in [2.05, 4.69) is 9.47 Å². The number of esters is 2. The third-order valence-electron chi connectivity index (χ3n) is 2.68. The van der Waals surface area contributed by atoms with Crippen LogP contribution >= 0.6 is 0 Å². The van der Waals surface area contributed by atoms with Crippen molar-refractivity contribution in [2.24, 2.45) is 5.41 Å². The fourth-order valence-corrected chi connectivity index (χ4v) is 1.01. The van der Waals surface area contributed by atoms with Gasteiger partial charge in [0, 0.05) is 12.8 Å². The third kappa shape index (κ3) is 12.5. The fourth-order valence-electron chi connectivity index (χ4n) is 1.01. The van der Waals surface area contributed by atoms with Crippen LogP contribution in [0.15, 0.2) is 0 Å². The zero-order valence-corrected chi connectivity index (χ0v) is 12.9. The summed E-state index contributed by atoms with van der Waals surface area (Å²) in [5.41, 5.74) is -1.39. The fraction of sp³-hybridized carbons (Fsp3) is 0.769. The smallest absolute Gasteiger partial charge is 0.314 e. The molecule has 0 aliphatic heterocycles. The van der Waals surface area contributed by atoms with Gasteiger partial charge in [0.25, 0.3) is 0 Å². The Morgan fingerprint density at radius 3 is 1.35 bits per heavy atom. The number of aliphatic hydroxyl groups is 4. The second-order valence-corrected chi connectivity index (χ2v) is 4.68. The van der Waals surface area contributed by atoms with Gasteiger partial charge in [-0.1, -0.05) is 0 Å². The van der Waals surface area contributed by atoms with Crippen molar-refractivity contribution in [1.82, 2.24) is 0 Å². The van der Waals surface area contributed by atoms with Crippen molar-refractivity contribution < 1.29 is 49.4 Å². The van der Waals surface area contributed by atoms with Gasteiger partial charge in [-0.15, -0.1) is 0 Å². The molecule has 5 N–H and O–H groups in total. The molecule has 0 aliphatic rings. The molecule has 136 valence electrons. The van der Waals surface area contributed by atoms with Gasteiger partial charge < -0.3 is 35.0 Å². The van der Waals surface area contributed by atoms with Crippen LogP contribution in [0.2, 0.25) is 0 Å². The molecular weight excluding hydrogens is 316 g/mol. The average molecular weight is 340 g/mol. The maximum absolute atomic E-state index is 10.7. The maximum Gasteiger partial charge on any atom is 0.314 e. The predicted molar refractivity (Wildman–Crippen MR) is 74.7 cm³/mol. The molecule has 0 saturated heterocycles.